The topological polar surface area (TPSA) is 3.24 Å². The average Bonchev–Trinajstić information content (AvgIpc) is 2.39. The zero-order valence-electron chi connectivity index (χ0n) is 10.7. The molecule has 2 aromatic carbocycles. The van der Waals surface area contributed by atoms with Crippen molar-refractivity contribution in [1.29, 1.82) is 0 Å². The molecule has 0 bridgehead atoms. The molecule has 0 heterocycles. The van der Waals surface area contributed by atoms with E-state index in [0.717, 1.165) is 18.7 Å². The van der Waals surface area contributed by atoms with Gasteiger partial charge < -0.3 is 0 Å². The molecule has 18 heavy (non-hydrogen) atoms. The van der Waals surface area contributed by atoms with Gasteiger partial charge in [-0.25, -0.2) is 0 Å². The second kappa shape index (κ2) is 6.40. The van der Waals surface area contributed by atoms with Gasteiger partial charge >= 0.3 is 117 Å². The van der Waals surface area contributed by atoms with E-state index in [-0.39, 0.29) is 0 Å². The summed E-state index contributed by atoms with van der Waals surface area (Å²) in [5.74, 6) is 0. The van der Waals surface area contributed by atoms with Gasteiger partial charge in [0, 0.05) is 0 Å². The Hall–Kier alpha value is -0.787. The van der Waals surface area contributed by atoms with Gasteiger partial charge in [-0.05, 0) is 0 Å². The number of hydrogen-bond acceptors (Lipinski definition) is 1. The van der Waals surface area contributed by atoms with E-state index in [1.807, 2.05) is 68.7 Å². The zero-order chi connectivity index (χ0) is 13.0. The molecule has 0 amide bonds. The summed E-state index contributed by atoms with van der Waals surface area (Å²) >= 11 is -3.24. The van der Waals surface area contributed by atoms with Crippen molar-refractivity contribution >= 4 is 28.9 Å². The summed E-state index contributed by atoms with van der Waals surface area (Å²) in [6, 6.07) is 17.6. The van der Waals surface area contributed by atoms with Gasteiger partial charge in [-0.15, -0.1) is 0 Å². The molecule has 0 aliphatic carbocycles. The summed E-state index contributed by atoms with van der Waals surface area (Å²) < 4.78 is 16.6. The second-order valence-electron chi connectivity index (χ2n) is 4.48. The van der Waals surface area contributed by atoms with Crippen molar-refractivity contribution in [1.82, 2.24) is 4.90 Å². The minimum absolute atomic E-state index is 0.804. The Labute approximate surface area is 117 Å². The van der Waals surface area contributed by atoms with Crippen LogP contribution in [0.15, 0.2) is 54.6 Å². The molecular formula is C15H17BiFN. The molecule has 0 N–H and O–H groups in total. The van der Waals surface area contributed by atoms with Crippen LogP contribution in [0.25, 0.3) is 0 Å². The van der Waals surface area contributed by atoms with Crippen LogP contribution in [0.5, 0.6) is 0 Å². The summed E-state index contributed by atoms with van der Waals surface area (Å²) in [4.78, 5) is 2.08. The monoisotopic (exact) mass is 439 g/mol. The van der Waals surface area contributed by atoms with E-state index in [9.17, 15) is 2.63 Å². The summed E-state index contributed by atoms with van der Waals surface area (Å²) in [6.45, 7) is 0.804. The number of hydrogen-bond donors (Lipinski definition) is 0. The van der Waals surface area contributed by atoms with Gasteiger partial charge in [0.05, 0.1) is 0 Å². The van der Waals surface area contributed by atoms with Crippen molar-refractivity contribution in [3.05, 3.63) is 60.2 Å². The normalized spacial score (nSPS) is 11.2. The molecule has 3 heteroatoms. The third kappa shape index (κ3) is 3.37. The van der Waals surface area contributed by atoms with Crippen LogP contribution in [0.2, 0.25) is 0 Å². The van der Waals surface area contributed by atoms with Gasteiger partial charge in [-0.2, -0.15) is 0 Å². The maximum absolute atomic E-state index is 14.8. The predicted molar refractivity (Wildman–Crippen MR) is 76.4 cm³/mol. The Morgan fingerprint density at radius 1 is 0.944 bits per heavy atom. The van der Waals surface area contributed by atoms with E-state index in [1.54, 1.807) is 0 Å². The molecule has 0 aliphatic heterocycles. The van der Waals surface area contributed by atoms with Gasteiger partial charge in [0.25, 0.3) is 0 Å². The van der Waals surface area contributed by atoms with Gasteiger partial charge in [0.1, 0.15) is 0 Å². The first kappa shape index (κ1) is 13.6. The predicted octanol–water partition coefficient (Wildman–Crippen LogP) is 1.82. The first-order valence-corrected chi connectivity index (χ1v) is 10.7. The molecule has 0 fully saturated rings. The van der Waals surface area contributed by atoms with E-state index >= 15 is 0 Å². The summed E-state index contributed by atoms with van der Waals surface area (Å²) in [5.41, 5.74) is 1.13. The minimum atomic E-state index is -3.24. The van der Waals surface area contributed by atoms with Crippen LogP contribution in [-0.4, -0.2) is 41.4 Å². The van der Waals surface area contributed by atoms with Crippen LogP contribution >= 0.6 is 0 Å². The van der Waals surface area contributed by atoms with Gasteiger partial charge in [0.15, 0.2) is 0 Å². The third-order valence-corrected chi connectivity index (χ3v) is 8.93. The Balaban J connectivity index is 2.33. The Morgan fingerprint density at radius 2 is 1.56 bits per heavy atom. The molecule has 0 radical (unpaired) electrons. The van der Waals surface area contributed by atoms with Crippen molar-refractivity contribution in [2.24, 2.45) is 0 Å². The van der Waals surface area contributed by atoms with Crippen molar-refractivity contribution in [2.75, 3.05) is 14.1 Å². The third-order valence-electron chi connectivity index (χ3n) is 2.67. The van der Waals surface area contributed by atoms with Crippen LogP contribution in [0.3, 0.4) is 0 Å². The van der Waals surface area contributed by atoms with Gasteiger partial charge in [-0.1, -0.05) is 0 Å². The Bertz CT molecular complexity index is 499. The maximum atomic E-state index is 14.8. The van der Waals surface area contributed by atoms with Crippen molar-refractivity contribution < 1.29 is 2.63 Å². The SMILES string of the molecule is CN(C)Cc1cccc[c]1[Bi]([F])[c]1ccccc1. The van der Waals surface area contributed by atoms with Crippen LogP contribution in [0, 0.1) is 0 Å². The number of nitrogens with zero attached hydrogens (tertiary/aromatic N) is 1. The molecule has 1 nitrogen and oxygen atoms in total. The fraction of sp³-hybridized carbons (Fsp3) is 0.200. The Kier molecular flexibility index (Phi) is 4.85. The number of halogens is 1. The van der Waals surface area contributed by atoms with E-state index in [1.165, 1.54) is 0 Å². The van der Waals surface area contributed by atoms with Crippen LogP contribution in [-0.2, 0) is 6.54 Å². The molecule has 0 atom stereocenters. The van der Waals surface area contributed by atoms with E-state index in [0.29, 0.717) is 0 Å². The summed E-state index contributed by atoms with van der Waals surface area (Å²) in [5, 5.41) is 0. The quantitative estimate of drug-likeness (QED) is 0.658. The molecule has 2 rings (SSSR count). The molecule has 2 aromatic rings. The van der Waals surface area contributed by atoms with E-state index in [2.05, 4.69) is 4.90 Å². The van der Waals surface area contributed by atoms with Crippen molar-refractivity contribution in [3.63, 3.8) is 0 Å². The zero-order valence-corrected chi connectivity index (χ0v) is 14.2. The molecule has 0 spiro atoms. The van der Waals surface area contributed by atoms with Crippen LogP contribution in [0.1, 0.15) is 5.56 Å². The average molecular weight is 439 g/mol. The van der Waals surface area contributed by atoms with Gasteiger partial charge in [-0.3, -0.25) is 0 Å². The molecule has 0 unspecified atom stereocenters. The fourth-order valence-electron chi connectivity index (χ4n) is 1.87. The molecule has 0 saturated heterocycles. The van der Waals surface area contributed by atoms with Crippen LogP contribution < -0.4 is 6.54 Å². The molecule has 0 aliphatic rings. The van der Waals surface area contributed by atoms with Gasteiger partial charge in [0.2, 0.25) is 0 Å². The standard InChI is InChI=1S/C9H12N.C6H5.Bi.FH/c1-10(2)8-9-6-4-3-5-7-9;1-2-4-6-5-3-1;;/h3-6H,8H2,1-2H3;1-5H;;1H/q;;+1;/p-1. The summed E-state index contributed by atoms with van der Waals surface area (Å²) in [7, 11) is 4.03. The Morgan fingerprint density at radius 3 is 2.22 bits per heavy atom. The molecule has 0 aromatic heterocycles. The number of rotatable bonds is 4. The van der Waals surface area contributed by atoms with E-state index < -0.39 is 22.4 Å². The molecule has 94 valence electrons. The van der Waals surface area contributed by atoms with Crippen LogP contribution in [0.4, 0.5) is 2.63 Å². The van der Waals surface area contributed by atoms with Crippen molar-refractivity contribution in [3.8, 4) is 0 Å². The molecule has 0 saturated carbocycles. The fourth-order valence-corrected chi connectivity index (χ4v) is 7.03. The first-order chi connectivity index (χ1) is 8.68. The molecular weight excluding hydrogens is 422 g/mol. The van der Waals surface area contributed by atoms with Crippen molar-refractivity contribution in [2.45, 2.75) is 6.54 Å². The van der Waals surface area contributed by atoms with E-state index in [4.69, 9.17) is 0 Å². The second-order valence-corrected chi connectivity index (χ2v) is 10.5. The first-order valence-electron chi connectivity index (χ1n) is 5.92. The summed E-state index contributed by atoms with van der Waals surface area (Å²) in [6.07, 6.45) is 0. The number of benzene rings is 2.